The molecule has 1 aromatic heterocycles. The number of nitrogens with zero attached hydrogens (tertiary/aromatic N) is 2. The number of aromatic nitrogens is 2. The molecule has 0 fully saturated rings. The molecule has 0 amide bonds. The number of hydrogen-bond acceptors (Lipinski definition) is 4. The second-order valence-corrected chi connectivity index (χ2v) is 5.30. The maximum absolute atomic E-state index is 5.86. The van der Waals surface area contributed by atoms with Crippen LogP contribution in [0.5, 0.6) is 0 Å². The van der Waals surface area contributed by atoms with Crippen molar-refractivity contribution in [3.05, 3.63) is 47.1 Å². The first-order valence-electron chi connectivity index (χ1n) is 6.71. The van der Waals surface area contributed by atoms with Crippen LogP contribution < -0.4 is 10.6 Å². The van der Waals surface area contributed by atoms with Gasteiger partial charge in [0.1, 0.15) is 5.82 Å². The van der Waals surface area contributed by atoms with Crippen molar-refractivity contribution in [2.45, 2.75) is 26.3 Å². The van der Waals surface area contributed by atoms with Crippen molar-refractivity contribution in [2.75, 3.05) is 17.2 Å². The van der Waals surface area contributed by atoms with Crippen molar-refractivity contribution >= 4 is 23.4 Å². The van der Waals surface area contributed by atoms with Crippen LogP contribution >= 0.6 is 11.6 Å². The van der Waals surface area contributed by atoms with E-state index in [-0.39, 0.29) is 0 Å². The van der Waals surface area contributed by atoms with E-state index < -0.39 is 0 Å². The summed E-state index contributed by atoms with van der Waals surface area (Å²) in [6, 6.07) is 10.1. The Bertz CT molecular complexity index is 540. The molecule has 2 N–H and O–H groups in total. The van der Waals surface area contributed by atoms with Crippen LogP contribution in [0.2, 0.25) is 5.02 Å². The van der Waals surface area contributed by atoms with Gasteiger partial charge in [0, 0.05) is 23.8 Å². The molecule has 0 aliphatic rings. The summed E-state index contributed by atoms with van der Waals surface area (Å²) in [4.78, 5) is 8.61. The van der Waals surface area contributed by atoms with E-state index in [4.69, 9.17) is 11.6 Å². The fraction of sp³-hybridized carbons (Fsp3) is 0.333. The van der Waals surface area contributed by atoms with Crippen molar-refractivity contribution < 1.29 is 0 Å². The van der Waals surface area contributed by atoms with Gasteiger partial charge < -0.3 is 10.6 Å². The summed E-state index contributed by atoms with van der Waals surface area (Å²) in [6.45, 7) is 4.94. The predicted octanol–water partition coefficient (Wildman–Crippen LogP) is 3.60. The second-order valence-electron chi connectivity index (χ2n) is 4.87. The fourth-order valence-corrected chi connectivity index (χ4v) is 1.92. The minimum absolute atomic E-state index is 0.354. The molecule has 2 aromatic rings. The predicted molar refractivity (Wildman–Crippen MR) is 84.4 cm³/mol. The monoisotopic (exact) mass is 290 g/mol. The third-order valence-electron chi connectivity index (χ3n) is 2.70. The Morgan fingerprint density at radius 1 is 1.15 bits per heavy atom. The van der Waals surface area contributed by atoms with Crippen LogP contribution in [-0.4, -0.2) is 22.6 Å². The van der Waals surface area contributed by atoms with Crippen LogP contribution in [0.4, 0.5) is 11.8 Å². The van der Waals surface area contributed by atoms with E-state index in [1.807, 2.05) is 30.3 Å². The minimum Gasteiger partial charge on any atom is -0.368 e. The molecule has 0 aliphatic heterocycles. The van der Waals surface area contributed by atoms with Gasteiger partial charge in [0.15, 0.2) is 0 Å². The number of anilines is 2. The quantitative estimate of drug-likeness (QED) is 0.853. The summed E-state index contributed by atoms with van der Waals surface area (Å²) in [5.74, 6) is 1.48. The molecule has 0 bridgehead atoms. The summed E-state index contributed by atoms with van der Waals surface area (Å²) >= 11 is 5.86. The second kappa shape index (κ2) is 7.10. The van der Waals surface area contributed by atoms with Crippen LogP contribution in [0.3, 0.4) is 0 Å². The maximum Gasteiger partial charge on any atom is 0.224 e. The molecule has 1 aromatic carbocycles. The van der Waals surface area contributed by atoms with E-state index >= 15 is 0 Å². The molecule has 4 nitrogen and oxygen atoms in total. The third-order valence-corrected chi connectivity index (χ3v) is 2.95. The summed E-state index contributed by atoms with van der Waals surface area (Å²) in [5, 5.41) is 7.24. The number of nitrogens with one attached hydrogen (secondary N) is 2. The lowest BCUT2D eigenvalue weighted by Crippen LogP contribution is -2.13. The lowest BCUT2D eigenvalue weighted by molar-refractivity contribution is 0.884. The van der Waals surface area contributed by atoms with Gasteiger partial charge in [-0.25, -0.2) is 4.98 Å². The highest BCUT2D eigenvalue weighted by Gasteiger charge is 2.00. The lowest BCUT2D eigenvalue weighted by Gasteiger charge is -2.10. The Morgan fingerprint density at radius 3 is 2.60 bits per heavy atom. The zero-order chi connectivity index (χ0) is 14.4. The highest BCUT2D eigenvalue weighted by atomic mass is 35.5. The van der Waals surface area contributed by atoms with Gasteiger partial charge in [-0.15, -0.1) is 0 Å². The van der Waals surface area contributed by atoms with E-state index in [0.29, 0.717) is 12.0 Å². The maximum atomic E-state index is 5.86. The van der Waals surface area contributed by atoms with E-state index in [0.717, 1.165) is 23.8 Å². The van der Waals surface area contributed by atoms with Crippen molar-refractivity contribution in [3.8, 4) is 0 Å². The molecule has 0 unspecified atom stereocenters. The molecule has 0 atom stereocenters. The fourth-order valence-electron chi connectivity index (χ4n) is 1.79. The first-order valence-corrected chi connectivity index (χ1v) is 7.09. The van der Waals surface area contributed by atoms with Gasteiger partial charge in [-0.2, -0.15) is 4.98 Å². The molecule has 0 spiro atoms. The Balaban J connectivity index is 1.86. The van der Waals surface area contributed by atoms with Gasteiger partial charge in [-0.3, -0.25) is 0 Å². The molecule has 2 rings (SSSR count). The molecular weight excluding hydrogens is 272 g/mol. The van der Waals surface area contributed by atoms with Gasteiger partial charge in [0.05, 0.1) is 0 Å². The third kappa shape index (κ3) is 4.70. The van der Waals surface area contributed by atoms with Crippen LogP contribution in [-0.2, 0) is 6.42 Å². The SMILES string of the molecule is CC(C)Nc1ccnc(NCCc2ccc(Cl)cc2)n1. The van der Waals surface area contributed by atoms with Crippen LogP contribution in [0.15, 0.2) is 36.5 Å². The Kier molecular flexibility index (Phi) is 5.18. The molecule has 0 saturated heterocycles. The minimum atomic E-state index is 0.354. The molecule has 5 heteroatoms. The summed E-state index contributed by atoms with van der Waals surface area (Å²) < 4.78 is 0. The highest BCUT2D eigenvalue weighted by molar-refractivity contribution is 6.30. The van der Waals surface area contributed by atoms with E-state index in [1.54, 1.807) is 6.20 Å². The molecule has 20 heavy (non-hydrogen) atoms. The standard InChI is InChI=1S/C15H19ClN4/c1-11(2)19-14-8-10-18-15(20-14)17-9-7-12-3-5-13(16)6-4-12/h3-6,8,10-11H,7,9H2,1-2H3,(H2,17,18,19,20). The zero-order valence-corrected chi connectivity index (χ0v) is 12.5. The average Bonchev–Trinajstić information content (AvgIpc) is 2.41. The van der Waals surface area contributed by atoms with Crippen molar-refractivity contribution in [2.24, 2.45) is 0 Å². The normalized spacial score (nSPS) is 10.6. The Hall–Kier alpha value is -1.81. The average molecular weight is 291 g/mol. The van der Waals surface area contributed by atoms with Gasteiger partial charge in [-0.1, -0.05) is 23.7 Å². The zero-order valence-electron chi connectivity index (χ0n) is 11.7. The largest absolute Gasteiger partial charge is 0.368 e. The molecule has 106 valence electrons. The molecule has 1 heterocycles. The van der Waals surface area contributed by atoms with Crippen LogP contribution in [0.1, 0.15) is 19.4 Å². The molecule has 0 saturated carbocycles. The van der Waals surface area contributed by atoms with Crippen molar-refractivity contribution in [3.63, 3.8) is 0 Å². The lowest BCUT2D eigenvalue weighted by atomic mass is 10.1. The van der Waals surface area contributed by atoms with Gasteiger partial charge in [0.2, 0.25) is 5.95 Å². The van der Waals surface area contributed by atoms with Gasteiger partial charge in [0.25, 0.3) is 0 Å². The van der Waals surface area contributed by atoms with E-state index in [1.165, 1.54) is 5.56 Å². The van der Waals surface area contributed by atoms with Crippen molar-refractivity contribution in [1.82, 2.24) is 9.97 Å². The Morgan fingerprint density at radius 2 is 1.90 bits per heavy atom. The first kappa shape index (κ1) is 14.6. The number of halogens is 1. The molecular formula is C15H19ClN4. The molecule has 0 aliphatic carbocycles. The Labute approximate surface area is 124 Å². The smallest absolute Gasteiger partial charge is 0.224 e. The first-order chi connectivity index (χ1) is 9.63. The number of hydrogen-bond donors (Lipinski definition) is 2. The number of rotatable bonds is 6. The van der Waals surface area contributed by atoms with E-state index in [2.05, 4.69) is 34.4 Å². The summed E-state index contributed by atoms with van der Waals surface area (Å²) in [7, 11) is 0. The van der Waals surface area contributed by atoms with Gasteiger partial charge >= 0.3 is 0 Å². The van der Waals surface area contributed by atoms with Crippen molar-refractivity contribution in [1.29, 1.82) is 0 Å². The highest BCUT2D eigenvalue weighted by Crippen LogP contribution is 2.10. The number of benzene rings is 1. The summed E-state index contributed by atoms with van der Waals surface area (Å²) in [5.41, 5.74) is 1.23. The topological polar surface area (TPSA) is 49.8 Å². The molecule has 0 radical (unpaired) electrons. The van der Waals surface area contributed by atoms with Crippen LogP contribution in [0.25, 0.3) is 0 Å². The van der Waals surface area contributed by atoms with E-state index in [9.17, 15) is 0 Å². The van der Waals surface area contributed by atoms with Gasteiger partial charge in [-0.05, 0) is 44.0 Å². The summed E-state index contributed by atoms with van der Waals surface area (Å²) in [6.07, 6.45) is 2.66. The van der Waals surface area contributed by atoms with Crippen LogP contribution in [0, 0.1) is 0 Å².